The first-order valence-electron chi connectivity index (χ1n) is 9.72. The van der Waals surface area contributed by atoms with Crippen molar-refractivity contribution in [3.05, 3.63) is 126 Å². The fraction of sp³-hybridized carbons (Fsp3) is 0.115. The lowest BCUT2D eigenvalue weighted by molar-refractivity contribution is 0.519. The molecule has 0 aliphatic carbocycles. The molecule has 3 aromatic carbocycles. The molecule has 28 heavy (non-hydrogen) atoms. The van der Waals surface area contributed by atoms with E-state index in [1.807, 2.05) is 6.07 Å². The fourth-order valence-corrected chi connectivity index (χ4v) is 3.38. The quantitative estimate of drug-likeness (QED) is 0.447. The monoisotopic (exact) mass is 364 g/mol. The molecule has 2 heteroatoms. The van der Waals surface area contributed by atoms with Gasteiger partial charge in [0.25, 0.3) is 0 Å². The minimum absolute atomic E-state index is 0.145. The van der Waals surface area contributed by atoms with E-state index in [9.17, 15) is 0 Å². The summed E-state index contributed by atoms with van der Waals surface area (Å²) < 4.78 is 0. The zero-order valence-corrected chi connectivity index (χ0v) is 15.8. The molecule has 0 bridgehead atoms. The number of rotatable bonds is 7. The summed E-state index contributed by atoms with van der Waals surface area (Å²) in [5.74, 6) is 0. The third-order valence-corrected chi connectivity index (χ3v) is 4.88. The van der Waals surface area contributed by atoms with E-state index in [2.05, 4.69) is 108 Å². The van der Waals surface area contributed by atoms with Gasteiger partial charge in [0.2, 0.25) is 0 Å². The van der Waals surface area contributed by atoms with E-state index in [1.165, 1.54) is 11.1 Å². The number of pyridine rings is 1. The van der Waals surface area contributed by atoms with Gasteiger partial charge in [0.15, 0.2) is 0 Å². The molecule has 1 heterocycles. The lowest BCUT2D eigenvalue weighted by Gasteiger charge is -2.19. The maximum Gasteiger partial charge on any atom is 0.0706 e. The average molecular weight is 364 g/mol. The van der Waals surface area contributed by atoms with Crippen molar-refractivity contribution in [2.75, 3.05) is 0 Å². The molecule has 1 aromatic heterocycles. The van der Waals surface area contributed by atoms with Crippen LogP contribution in [-0.4, -0.2) is 4.98 Å². The minimum atomic E-state index is 0.145. The summed E-state index contributed by atoms with van der Waals surface area (Å²) in [5.41, 5.74) is 5.81. The summed E-state index contributed by atoms with van der Waals surface area (Å²) in [6, 6.07) is 37.9. The topological polar surface area (TPSA) is 24.9 Å². The molecule has 0 saturated carbocycles. The van der Waals surface area contributed by atoms with Crippen molar-refractivity contribution in [1.82, 2.24) is 10.3 Å². The van der Waals surface area contributed by atoms with Crippen molar-refractivity contribution in [3.8, 4) is 11.3 Å². The van der Waals surface area contributed by atoms with Crippen LogP contribution < -0.4 is 5.32 Å². The van der Waals surface area contributed by atoms with Crippen LogP contribution in [0.25, 0.3) is 11.3 Å². The molecule has 1 N–H and O–H groups in total. The van der Waals surface area contributed by atoms with Crippen molar-refractivity contribution in [2.24, 2.45) is 0 Å². The predicted molar refractivity (Wildman–Crippen MR) is 116 cm³/mol. The zero-order valence-electron chi connectivity index (χ0n) is 15.8. The van der Waals surface area contributed by atoms with Crippen LogP contribution in [0.4, 0.5) is 0 Å². The number of aromatic nitrogens is 1. The highest BCUT2D eigenvalue weighted by Crippen LogP contribution is 2.22. The Kier molecular flexibility index (Phi) is 5.91. The standard InChI is InChI=1S/C26H24N2/c1-4-11-21(12-5-1)19-26(27-20-22-13-6-2-7-14-22)25-18-10-17-24(28-25)23-15-8-3-9-16-23/h1-18,26-27H,19-20H2. The lowest BCUT2D eigenvalue weighted by atomic mass is 10.0. The molecule has 138 valence electrons. The summed E-state index contributed by atoms with van der Waals surface area (Å²) in [4.78, 5) is 4.99. The Morgan fingerprint density at radius 2 is 1.21 bits per heavy atom. The summed E-state index contributed by atoms with van der Waals surface area (Å²) in [5, 5.41) is 3.72. The largest absolute Gasteiger partial charge is 0.304 e. The number of hydrogen-bond donors (Lipinski definition) is 1. The highest BCUT2D eigenvalue weighted by molar-refractivity contribution is 5.58. The Hall–Kier alpha value is -3.23. The maximum absolute atomic E-state index is 4.99. The number of nitrogens with zero attached hydrogens (tertiary/aromatic N) is 1. The van der Waals surface area contributed by atoms with Crippen LogP contribution in [-0.2, 0) is 13.0 Å². The summed E-state index contributed by atoms with van der Waals surface area (Å²) in [6.45, 7) is 0.815. The van der Waals surface area contributed by atoms with E-state index in [0.717, 1.165) is 29.9 Å². The second-order valence-corrected chi connectivity index (χ2v) is 6.92. The van der Waals surface area contributed by atoms with E-state index >= 15 is 0 Å². The van der Waals surface area contributed by atoms with Crippen LogP contribution in [0.5, 0.6) is 0 Å². The van der Waals surface area contributed by atoms with Gasteiger partial charge in [-0.15, -0.1) is 0 Å². The first-order valence-corrected chi connectivity index (χ1v) is 9.72. The molecule has 1 atom stereocenters. The van der Waals surface area contributed by atoms with Gasteiger partial charge in [0, 0.05) is 12.1 Å². The van der Waals surface area contributed by atoms with E-state index in [4.69, 9.17) is 4.98 Å². The van der Waals surface area contributed by atoms with Gasteiger partial charge in [-0.2, -0.15) is 0 Å². The van der Waals surface area contributed by atoms with E-state index in [-0.39, 0.29) is 6.04 Å². The van der Waals surface area contributed by atoms with Crippen LogP contribution in [0.3, 0.4) is 0 Å². The third-order valence-electron chi connectivity index (χ3n) is 4.88. The Morgan fingerprint density at radius 1 is 0.607 bits per heavy atom. The molecule has 4 aromatic rings. The molecule has 0 aliphatic rings. The number of nitrogens with one attached hydrogen (secondary N) is 1. The van der Waals surface area contributed by atoms with Gasteiger partial charge in [-0.25, -0.2) is 0 Å². The fourth-order valence-electron chi connectivity index (χ4n) is 3.38. The Morgan fingerprint density at radius 3 is 1.89 bits per heavy atom. The van der Waals surface area contributed by atoms with Gasteiger partial charge in [0.05, 0.1) is 17.4 Å². The van der Waals surface area contributed by atoms with Crippen molar-refractivity contribution < 1.29 is 0 Å². The first kappa shape index (κ1) is 18.1. The second-order valence-electron chi connectivity index (χ2n) is 6.92. The molecule has 0 radical (unpaired) electrons. The summed E-state index contributed by atoms with van der Waals surface area (Å²) in [6.07, 6.45) is 0.902. The van der Waals surface area contributed by atoms with Gasteiger partial charge < -0.3 is 5.32 Å². The summed E-state index contributed by atoms with van der Waals surface area (Å²) >= 11 is 0. The smallest absolute Gasteiger partial charge is 0.0706 e. The average Bonchev–Trinajstić information content (AvgIpc) is 2.79. The van der Waals surface area contributed by atoms with Gasteiger partial charge in [-0.1, -0.05) is 97.1 Å². The van der Waals surface area contributed by atoms with E-state index < -0.39 is 0 Å². The third kappa shape index (κ3) is 4.73. The highest BCUT2D eigenvalue weighted by Gasteiger charge is 2.14. The van der Waals surface area contributed by atoms with Crippen molar-refractivity contribution in [1.29, 1.82) is 0 Å². The SMILES string of the molecule is c1ccc(CNC(Cc2ccccc2)c2cccc(-c3ccccc3)n2)cc1. The number of hydrogen-bond acceptors (Lipinski definition) is 2. The highest BCUT2D eigenvalue weighted by atomic mass is 14.9. The lowest BCUT2D eigenvalue weighted by Crippen LogP contribution is -2.24. The maximum atomic E-state index is 4.99. The van der Waals surface area contributed by atoms with E-state index in [0.29, 0.717) is 0 Å². The second kappa shape index (κ2) is 9.12. The van der Waals surface area contributed by atoms with Crippen LogP contribution in [0.1, 0.15) is 22.9 Å². The predicted octanol–water partition coefficient (Wildman–Crippen LogP) is 5.82. The summed E-state index contributed by atoms with van der Waals surface area (Å²) in [7, 11) is 0. The van der Waals surface area contributed by atoms with Crippen LogP contribution in [0.2, 0.25) is 0 Å². The molecule has 4 rings (SSSR count). The molecular weight excluding hydrogens is 340 g/mol. The molecule has 0 fully saturated rings. The van der Waals surface area contributed by atoms with Crippen molar-refractivity contribution >= 4 is 0 Å². The van der Waals surface area contributed by atoms with Gasteiger partial charge >= 0.3 is 0 Å². The Bertz CT molecular complexity index is 982. The van der Waals surface area contributed by atoms with Crippen molar-refractivity contribution in [2.45, 2.75) is 19.0 Å². The van der Waals surface area contributed by atoms with Crippen LogP contribution >= 0.6 is 0 Å². The van der Waals surface area contributed by atoms with Gasteiger partial charge in [-0.05, 0) is 29.7 Å². The molecule has 0 saturated heterocycles. The Balaban J connectivity index is 1.60. The molecule has 2 nitrogen and oxygen atoms in total. The van der Waals surface area contributed by atoms with Gasteiger partial charge in [-0.3, -0.25) is 4.98 Å². The minimum Gasteiger partial charge on any atom is -0.304 e. The molecule has 0 amide bonds. The molecule has 1 unspecified atom stereocenters. The van der Waals surface area contributed by atoms with Crippen LogP contribution in [0.15, 0.2) is 109 Å². The number of benzene rings is 3. The first-order chi connectivity index (χ1) is 13.9. The molecule has 0 spiro atoms. The molecule has 0 aliphatic heterocycles. The zero-order chi connectivity index (χ0) is 19.0. The Labute approximate surface area is 166 Å². The van der Waals surface area contributed by atoms with Gasteiger partial charge in [0.1, 0.15) is 0 Å². The normalized spacial score (nSPS) is 11.9. The van der Waals surface area contributed by atoms with Crippen LogP contribution in [0, 0.1) is 0 Å². The molecular formula is C26H24N2. The van der Waals surface area contributed by atoms with Crippen molar-refractivity contribution in [3.63, 3.8) is 0 Å². The van der Waals surface area contributed by atoms with E-state index in [1.54, 1.807) is 0 Å².